The van der Waals surface area contributed by atoms with Crippen LogP contribution in [0.2, 0.25) is 0 Å². The van der Waals surface area contributed by atoms with Crippen LogP contribution in [-0.2, 0) is 0 Å². The number of halogens is 3. The Labute approximate surface area is 87.1 Å². The predicted molar refractivity (Wildman–Crippen MR) is 53.5 cm³/mol. The van der Waals surface area contributed by atoms with Gasteiger partial charge in [0.2, 0.25) is 0 Å². The van der Waals surface area contributed by atoms with E-state index in [9.17, 15) is 13.2 Å². The van der Waals surface area contributed by atoms with Gasteiger partial charge in [-0.3, -0.25) is 0 Å². The van der Waals surface area contributed by atoms with Gasteiger partial charge >= 0.3 is 6.18 Å². The first-order chi connectivity index (χ1) is 6.79. The average molecular weight is 217 g/mol. The van der Waals surface area contributed by atoms with Crippen molar-refractivity contribution in [2.24, 2.45) is 5.73 Å². The number of alkyl halides is 3. The molecule has 0 aromatic heterocycles. The molecule has 1 nitrogen and oxygen atoms in total. The fraction of sp³-hybridized carbons (Fsp3) is 0.455. The standard InChI is InChI=1S/C11H14F3N/c1-7-3-4-9(8(2)5-7)10(15)6-11(12,13)14/h3-5,10H,6,15H2,1-2H3. The van der Waals surface area contributed by atoms with Crippen molar-refractivity contribution in [3.8, 4) is 0 Å². The minimum absolute atomic E-state index is 0.568. The number of aryl methyl sites for hydroxylation is 2. The van der Waals surface area contributed by atoms with Gasteiger partial charge in [-0.05, 0) is 25.0 Å². The number of hydrogen-bond donors (Lipinski definition) is 1. The van der Waals surface area contributed by atoms with Crippen LogP contribution in [0.15, 0.2) is 18.2 Å². The zero-order chi connectivity index (χ0) is 11.6. The van der Waals surface area contributed by atoms with Gasteiger partial charge in [0.15, 0.2) is 0 Å². The van der Waals surface area contributed by atoms with Crippen LogP contribution in [0.3, 0.4) is 0 Å². The Morgan fingerprint density at radius 3 is 2.33 bits per heavy atom. The van der Waals surface area contributed by atoms with Crippen LogP contribution in [0.4, 0.5) is 13.2 Å². The molecule has 0 aliphatic rings. The Hall–Kier alpha value is -1.03. The summed E-state index contributed by atoms with van der Waals surface area (Å²) in [6.45, 7) is 3.67. The van der Waals surface area contributed by atoms with Crippen molar-refractivity contribution >= 4 is 0 Å². The molecule has 0 bridgehead atoms. The van der Waals surface area contributed by atoms with Crippen LogP contribution >= 0.6 is 0 Å². The number of benzene rings is 1. The molecule has 15 heavy (non-hydrogen) atoms. The van der Waals surface area contributed by atoms with Gasteiger partial charge in [-0.2, -0.15) is 13.2 Å². The van der Waals surface area contributed by atoms with Gasteiger partial charge in [-0.1, -0.05) is 23.8 Å². The molecule has 84 valence electrons. The molecule has 1 aromatic rings. The largest absolute Gasteiger partial charge is 0.390 e. The Morgan fingerprint density at radius 1 is 1.27 bits per heavy atom. The second-order valence-electron chi connectivity index (χ2n) is 3.79. The van der Waals surface area contributed by atoms with Gasteiger partial charge in [-0.15, -0.1) is 0 Å². The highest BCUT2D eigenvalue weighted by Gasteiger charge is 2.31. The highest BCUT2D eigenvalue weighted by Crippen LogP contribution is 2.29. The summed E-state index contributed by atoms with van der Waals surface area (Å²) >= 11 is 0. The molecule has 1 rings (SSSR count). The van der Waals surface area contributed by atoms with Crippen LogP contribution in [0, 0.1) is 13.8 Å². The van der Waals surface area contributed by atoms with Crippen molar-refractivity contribution in [1.29, 1.82) is 0 Å². The zero-order valence-electron chi connectivity index (χ0n) is 8.73. The van der Waals surface area contributed by atoms with E-state index in [-0.39, 0.29) is 0 Å². The van der Waals surface area contributed by atoms with Crippen LogP contribution < -0.4 is 5.73 Å². The van der Waals surface area contributed by atoms with Crippen molar-refractivity contribution < 1.29 is 13.2 Å². The van der Waals surface area contributed by atoms with Crippen molar-refractivity contribution in [2.45, 2.75) is 32.5 Å². The second kappa shape index (κ2) is 4.23. The van der Waals surface area contributed by atoms with Crippen LogP contribution in [-0.4, -0.2) is 6.18 Å². The molecule has 1 aromatic carbocycles. The lowest BCUT2D eigenvalue weighted by Gasteiger charge is -2.16. The minimum atomic E-state index is -4.21. The van der Waals surface area contributed by atoms with Crippen molar-refractivity contribution in [1.82, 2.24) is 0 Å². The molecule has 1 unspecified atom stereocenters. The van der Waals surface area contributed by atoms with E-state index in [0.717, 1.165) is 11.1 Å². The quantitative estimate of drug-likeness (QED) is 0.808. The third-order valence-electron chi connectivity index (χ3n) is 2.28. The molecule has 0 aliphatic heterocycles. The van der Waals surface area contributed by atoms with E-state index >= 15 is 0 Å². The van der Waals surface area contributed by atoms with E-state index < -0.39 is 18.6 Å². The molecule has 2 N–H and O–H groups in total. The molecule has 0 amide bonds. The molecule has 0 fully saturated rings. The van der Waals surface area contributed by atoms with Gasteiger partial charge in [0.05, 0.1) is 6.42 Å². The topological polar surface area (TPSA) is 26.0 Å². The fourth-order valence-corrected chi connectivity index (χ4v) is 1.60. The lowest BCUT2D eigenvalue weighted by molar-refractivity contribution is -0.138. The molecule has 0 saturated carbocycles. The lowest BCUT2D eigenvalue weighted by Crippen LogP contribution is -2.20. The van der Waals surface area contributed by atoms with Crippen molar-refractivity contribution in [3.05, 3.63) is 34.9 Å². The van der Waals surface area contributed by atoms with E-state index in [4.69, 9.17) is 5.73 Å². The summed E-state index contributed by atoms with van der Waals surface area (Å²) in [5.74, 6) is 0. The van der Waals surface area contributed by atoms with Crippen LogP contribution in [0.5, 0.6) is 0 Å². The van der Waals surface area contributed by atoms with E-state index in [1.54, 1.807) is 19.1 Å². The normalized spacial score (nSPS) is 14.0. The monoisotopic (exact) mass is 217 g/mol. The van der Waals surface area contributed by atoms with E-state index in [2.05, 4.69) is 0 Å². The summed E-state index contributed by atoms with van der Waals surface area (Å²) < 4.78 is 36.4. The highest BCUT2D eigenvalue weighted by molar-refractivity contribution is 5.32. The van der Waals surface area contributed by atoms with Crippen molar-refractivity contribution in [3.63, 3.8) is 0 Å². The SMILES string of the molecule is Cc1ccc(C(N)CC(F)(F)F)c(C)c1. The summed E-state index contributed by atoms with van der Waals surface area (Å²) in [7, 11) is 0. The van der Waals surface area contributed by atoms with Gasteiger partial charge in [-0.25, -0.2) is 0 Å². The molecule has 4 heteroatoms. The summed E-state index contributed by atoms with van der Waals surface area (Å²) in [5, 5.41) is 0. The Morgan fingerprint density at radius 2 is 1.87 bits per heavy atom. The maximum Gasteiger partial charge on any atom is 0.390 e. The molecule has 0 radical (unpaired) electrons. The van der Waals surface area contributed by atoms with Gasteiger partial charge in [0, 0.05) is 6.04 Å². The maximum absolute atomic E-state index is 12.1. The Kier molecular flexibility index (Phi) is 3.39. The molecule has 0 heterocycles. The summed E-state index contributed by atoms with van der Waals surface area (Å²) in [4.78, 5) is 0. The molecular formula is C11H14F3N. The summed E-state index contributed by atoms with van der Waals surface area (Å²) in [6, 6.07) is 4.32. The third-order valence-corrected chi connectivity index (χ3v) is 2.28. The third kappa shape index (κ3) is 3.55. The molecule has 1 atom stereocenters. The van der Waals surface area contributed by atoms with E-state index in [1.165, 1.54) is 0 Å². The molecular weight excluding hydrogens is 203 g/mol. The van der Waals surface area contributed by atoms with Crippen LogP contribution in [0.25, 0.3) is 0 Å². The van der Waals surface area contributed by atoms with Gasteiger partial charge < -0.3 is 5.73 Å². The average Bonchev–Trinajstić information content (AvgIpc) is 1.99. The van der Waals surface area contributed by atoms with Gasteiger partial charge in [0.25, 0.3) is 0 Å². The first-order valence-electron chi connectivity index (χ1n) is 4.69. The fourth-order valence-electron chi connectivity index (χ4n) is 1.60. The van der Waals surface area contributed by atoms with E-state index in [0.29, 0.717) is 5.56 Å². The van der Waals surface area contributed by atoms with E-state index in [1.807, 2.05) is 13.0 Å². The number of nitrogens with two attached hydrogens (primary N) is 1. The second-order valence-corrected chi connectivity index (χ2v) is 3.79. The van der Waals surface area contributed by atoms with Crippen molar-refractivity contribution in [2.75, 3.05) is 0 Å². The maximum atomic E-state index is 12.1. The first-order valence-corrected chi connectivity index (χ1v) is 4.69. The smallest absolute Gasteiger partial charge is 0.324 e. The zero-order valence-corrected chi connectivity index (χ0v) is 8.73. The Balaban J connectivity index is 2.87. The van der Waals surface area contributed by atoms with Crippen LogP contribution in [0.1, 0.15) is 29.2 Å². The molecule has 0 saturated heterocycles. The minimum Gasteiger partial charge on any atom is -0.324 e. The summed E-state index contributed by atoms with van der Waals surface area (Å²) in [6.07, 6.45) is -5.19. The molecule has 0 aliphatic carbocycles. The number of rotatable bonds is 2. The molecule has 0 spiro atoms. The predicted octanol–water partition coefficient (Wildman–Crippen LogP) is 3.26. The lowest BCUT2D eigenvalue weighted by atomic mass is 9.98. The van der Waals surface area contributed by atoms with Gasteiger partial charge in [0.1, 0.15) is 0 Å². The summed E-state index contributed by atoms with van der Waals surface area (Å²) in [5.41, 5.74) is 7.91. The highest BCUT2D eigenvalue weighted by atomic mass is 19.4. The Bertz CT molecular complexity index is 344. The first kappa shape index (κ1) is 12.0. The number of hydrogen-bond acceptors (Lipinski definition) is 1.